The van der Waals surface area contributed by atoms with Gasteiger partial charge in [-0.05, 0) is 42.8 Å². The van der Waals surface area contributed by atoms with E-state index in [0.29, 0.717) is 10.8 Å². The van der Waals surface area contributed by atoms with Gasteiger partial charge in [0.1, 0.15) is 12.4 Å². The molecule has 178 valence electrons. The normalized spacial score (nSPS) is 11.8. The second kappa shape index (κ2) is 9.90. The Hall–Kier alpha value is -3.31. The Balaban J connectivity index is 1.54. The molecule has 34 heavy (non-hydrogen) atoms. The number of para-hydroxylation sites is 1. The van der Waals surface area contributed by atoms with Gasteiger partial charge in [-0.15, -0.1) is 10.2 Å². The number of amides is 1. The maximum atomic E-state index is 13.2. The first-order valence-corrected chi connectivity index (χ1v) is 11.3. The standard InChI is InChI=1S/C23H21F3N4O3S/c1-14-11-20-28-29-22(30(20)18-6-4-3-5-16(14)18)34-13-21(31)27-17-12-15(23(24,25)26)7-8-19(17)33-10-9-32-2/h3-8,11-12H,9-10,13H2,1-2H3,(H,27,31). The van der Waals surface area contributed by atoms with E-state index in [1.165, 1.54) is 13.2 Å². The van der Waals surface area contributed by atoms with Crippen LogP contribution in [-0.2, 0) is 15.7 Å². The van der Waals surface area contributed by atoms with E-state index in [4.69, 9.17) is 9.47 Å². The summed E-state index contributed by atoms with van der Waals surface area (Å²) in [5.74, 6) is -0.469. The van der Waals surface area contributed by atoms with E-state index in [9.17, 15) is 18.0 Å². The number of carbonyl (C=O) groups excluding carboxylic acids is 1. The molecule has 2 aromatic heterocycles. The average Bonchev–Trinajstić information content (AvgIpc) is 3.21. The number of aromatic nitrogens is 3. The Morgan fingerprint density at radius 1 is 1.12 bits per heavy atom. The third-order valence-corrected chi connectivity index (χ3v) is 5.96. The van der Waals surface area contributed by atoms with Gasteiger partial charge in [-0.25, -0.2) is 0 Å². The minimum Gasteiger partial charge on any atom is -0.489 e. The molecule has 0 bridgehead atoms. The highest BCUT2D eigenvalue weighted by atomic mass is 32.2. The Bertz CT molecular complexity index is 1340. The number of methoxy groups -OCH3 is 1. The van der Waals surface area contributed by atoms with Crippen LogP contribution in [0.15, 0.2) is 53.7 Å². The number of ether oxygens (including phenoxy) is 2. The molecular weight excluding hydrogens is 469 g/mol. The number of carbonyl (C=O) groups is 1. The molecule has 4 aromatic rings. The summed E-state index contributed by atoms with van der Waals surface area (Å²) in [5, 5.41) is 12.4. The van der Waals surface area contributed by atoms with Crippen molar-refractivity contribution < 1.29 is 27.4 Å². The molecule has 0 spiro atoms. The van der Waals surface area contributed by atoms with Gasteiger partial charge in [0.2, 0.25) is 5.91 Å². The molecule has 0 aliphatic rings. The smallest absolute Gasteiger partial charge is 0.416 e. The number of halogens is 3. The number of pyridine rings is 1. The number of benzene rings is 2. The maximum absolute atomic E-state index is 13.2. The van der Waals surface area contributed by atoms with Crippen LogP contribution in [0.4, 0.5) is 18.9 Å². The van der Waals surface area contributed by atoms with E-state index in [0.717, 1.165) is 40.4 Å². The van der Waals surface area contributed by atoms with Crippen molar-refractivity contribution in [1.29, 1.82) is 0 Å². The van der Waals surface area contributed by atoms with Gasteiger partial charge in [0, 0.05) is 12.5 Å². The van der Waals surface area contributed by atoms with Gasteiger partial charge in [-0.1, -0.05) is 30.0 Å². The van der Waals surface area contributed by atoms with Gasteiger partial charge in [0.05, 0.1) is 29.1 Å². The molecule has 0 saturated carbocycles. The summed E-state index contributed by atoms with van der Waals surface area (Å²) in [6.45, 7) is 2.36. The molecule has 2 aromatic carbocycles. The van der Waals surface area contributed by atoms with E-state index in [2.05, 4.69) is 15.5 Å². The van der Waals surface area contributed by atoms with Crippen LogP contribution in [0.1, 0.15) is 11.1 Å². The first-order chi connectivity index (χ1) is 16.3. The van der Waals surface area contributed by atoms with Crippen LogP contribution < -0.4 is 10.1 Å². The topological polar surface area (TPSA) is 77.8 Å². The summed E-state index contributed by atoms with van der Waals surface area (Å²) in [5.41, 5.74) is 1.64. The molecule has 0 radical (unpaired) electrons. The van der Waals surface area contributed by atoms with Gasteiger partial charge in [-0.2, -0.15) is 13.2 Å². The second-order valence-electron chi connectivity index (χ2n) is 7.41. The van der Waals surface area contributed by atoms with Gasteiger partial charge in [-0.3, -0.25) is 9.20 Å². The molecule has 0 aliphatic heterocycles. The Kier molecular flexibility index (Phi) is 6.94. The van der Waals surface area contributed by atoms with Crippen LogP contribution in [0.5, 0.6) is 5.75 Å². The number of hydrogen-bond acceptors (Lipinski definition) is 6. The average molecular weight is 491 g/mol. The number of aryl methyl sites for hydroxylation is 1. The van der Waals surface area contributed by atoms with Crippen LogP contribution in [0.25, 0.3) is 16.6 Å². The van der Waals surface area contributed by atoms with Crippen LogP contribution in [0.3, 0.4) is 0 Å². The van der Waals surface area contributed by atoms with Gasteiger partial charge in [0.15, 0.2) is 10.8 Å². The van der Waals surface area contributed by atoms with E-state index in [1.54, 1.807) is 0 Å². The van der Waals surface area contributed by atoms with Crippen LogP contribution >= 0.6 is 11.8 Å². The zero-order valence-electron chi connectivity index (χ0n) is 18.3. The lowest BCUT2D eigenvalue weighted by atomic mass is 10.1. The Morgan fingerprint density at radius 3 is 2.68 bits per heavy atom. The monoisotopic (exact) mass is 490 g/mol. The molecule has 2 heterocycles. The number of nitrogens with zero attached hydrogens (tertiary/aromatic N) is 3. The fourth-order valence-electron chi connectivity index (χ4n) is 3.45. The van der Waals surface area contributed by atoms with Crippen molar-refractivity contribution >= 4 is 39.9 Å². The number of thioether (sulfide) groups is 1. The first-order valence-electron chi connectivity index (χ1n) is 10.3. The minimum atomic E-state index is -4.56. The van der Waals surface area contributed by atoms with Crippen LogP contribution in [-0.4, -0.2) is 46.6 Å². The lowest BCUT2D eigenvalue weighted by molar-refractivity contribution is -0.137. The number of anilines is 1. The molecule has 0 fully saturated rings. The van der Waals surface area contributed by atoms with E-state index in [-0.39, 0.29) is 30.4 Å². The Morgan fingerprint density at radius 2 is 1.91 bits per heavy atom. The summed E-state index contributed by atoms with van der Waals surface area (Å²) in [7, 11) is 1.48. The molecule has 7 nitrogen and oxygen atoms in total. The fraction of sp³-hybridized carbons (Fsp3) is 0.261. The highest BCUT2D eigenvalue weighted by molar-refractivity contribution is 7.99. The minimum absolute atomic E-state index is 0.0660. The number of fused-ring (bicyclic) bond motifs is 3. The highest BCUT2D eigenvalue weighted by Gasteiger charge is 2.31. The number of alkyl halides is 3. The van der Waals surface area contributed by atoms with Gasteiger partial charge >= 0.3 is 6.18 Å². The molecule has 1 N–H and O–H groups in total. The maximum Gasteiger partial charge on any atom is 0.416 e. The Labute approximate surface area is 197 Å². The molecule has 0 saturated heterocycles. The molecule has 0 atom stereocenters. The first kappa shape index (κ1) is 23.8. The van der Waals surface area contributed by atoms with Crippen LogP contribution in [0, 0.1) is 6.92 Å². The lowest BCUT2D eigenvalue weighted by Gasteiger charge is -2.15. The highest BCUT2D eigenvalue weighted by Crippen LogP contribution is 2.35. The fourth-order valence-corrected chi connectivity index (χ4v) is 4.20. The van der Waals surface area contributed by atoms with Crippen molar-refractivity contribution in [2.45, 2.75) is 18.3 Å². The van der Waals surface area contributed by atoms with Crippen LogP contribution in [0.2, 0.25) is 0 Å². The summed E-state index contributed by atoms with van der Waals surface area (Å²) in [4.78, 5) is 12.7. The SMILES string of the molecule is COCCOc1ccc(C(F)(F)F)cc1NC(=O)CSc1nnc2cc(C)c3ccccc3n12. The van der Waals surface area contributed by atoms with E-state index < -0.39 is 17.6 Å². The summed E-state index contributed by atoms with van der Waals surface area (Å²) >= 11 is 1.14. The predicted octanol–water partition coefficient (Wildman–Crippen LogP) is 4.97. The van der Waals surface area contributed by atoms with E-state index >= 15 is 0 Å². The third kappa shape index (κ3) is 5.10. The van der Waals surface area contributed by atoms with Crippen molar-refractivity contribution in [3.8, 4) is 5.75 Å². The predicted molar refractivity (Wildman–Crippen MR) is 123 cm³/mol. The number of rotatable bonds is 8. The van der Waals surface area contributed by atoms with Crippen molar-refractivity contribution in [3.05, 3.63) is 59.7 Å². The quantitative estimate of drug-likeness (QED) is 0.278. The molecule has 0 aliphatic carbocycles. The second-order valence-corrected chi connectivity index (χ2v) is 8.35. The zero-order valence-corrected chi connectivity index (χ0v) is 19.2. The molecule has 11 heteroatoms. The molecule has 4 rings (SSSR count). The van der Waals surface area contributed by atoms with Crippen molar-refractivity contribution in [2.24, 2.45) is 0 Å². The summed E-state index contributed by atoms with van der Waals surface area (Å²) < 4.78 is 51.8. The lowest BCUT2D eigenvalue weighted by Crippen LogP contribution is -2.17. The summed E-state index contributed by atoms with van der Waals surface area (Å²) in [6.07, 6.45) is -4.56. The third-order valence-electron chi connectivity index (χ3n) is 5.03. The summed E-state index contributed by atoms with van der Waals surface area (Å²) in [6, 6.07) is 12.6. The molecule has 0 unspecified atom stereocenters. The molecular formula is C23H21F3N4O3S. The van der Waals surface area contributed by atoms with Crippen molar-refractivity contribution in [2.75, 3.05) is 31.4 Å². The zero-order chi connectivity index (χ0) is 24.3. The molecule has 1 amide bonds. The van der Waals surface area contributed by atoms with Crippen molar-refractivity contribution in [3.63, 3.8) is 0 Å². The number of hydrogen-bond donors (Lipinski definition) is 1. The number of nitrogens with one attached hydrogen (secondary N) is 1. The van der Waals surface area contributed by atoms with Gasteiger partial charge < -0.3 is 14.8 Å². The largest absolute Gasteiger partial charge is 0.489 e. The van der Waals surface area contributed by atoms with Gasteiger partial charge in [0.25, 0.3) is 0 Å². The van der Waals surface area contributed by atoms with Crippen molar-refractivity contribution in [1.82, 2.24) is 14.6 Å². The van der Waals surface area contributed by atoms with E-state index in [1.807, 2.05) is 41.7 Å².